The minimum absolute atomic E-state index is 0.150. The molecule has 0 heterocycles. The summed E-state index contributed by atoms with van der Waals surface area (Å²) in [6.07, 6.45) is 0. The van der Waals surface area contributed by atoms with Crippen molar-refractivity contribution in [1.82, 2.24) is 0 Å². The first kappa shape index (κ1) is 11.6. The molecule has 82 valence electrons. The van der Waals surface area contributed by atoms with Gasteiger partial charge in [0.05, 0.1) is 5.56 Å². The second kappa shape index (κ2) is 4.39. The number of hydrogen-bond donors (Lipinski definition) is 2. The molecule has 0 saturated heterocycles. The van der Waals surface area contributed by atoms with Gasteiger partial charge in [0, 0.05) is 0 Å². The molecule has 1 aromatic carbocycles. The predicted molar refractivity (Wildman–Crippen MR) is 51.4 cm³/mol. The first-order valence-electron chi connectivity index (χ1n) is 3.89. The molecule has 1 unspecified atom stereocenters. The van der Waals surface area contributed by atoms with Crippen LogP contribution in [0.5, 0.6) is 0 Å². The highest BCUT2D eigenvalue weighted by Gasteiger charge is 2.22. The molecule has 1 aromatic rings. The summed E-state index contributed by atoms with van der Waals surface area (Å²) in [4.78, 5) is 11.2. The largest absolute Gasteiger partial charge is 0.426 e. The fourth-order valence-corrected chi connectivity index (χ4v) is 1.02. The Labute approximate surface area is 86.4 Å². The van der Waals surface area contributed by atoms with Crippen molar-refractivity contribution in [1.29, 1.82) is 0 Å². The normalized spacial score (nSPS) is 13.2. The Morgan fingerprint density at radius 3 is 2.33 bits per heavy atom. The van der Waals surface area contributed by atoms with Gasteiger partial charge in [0.15, 0.2) is 0 Å². The minimum atomic E-state index is -4.57. The van der Waals surface area contributed by atoms with Gasteiger partial charge in [0.25, 0.3) is 5.56 Å². The van der Waals surface area contributed by atoms with Crippen LogP contribution in [0.25, 0.3) is 0 Å². The number of esters is 1. The van der Waals surface area contributed by atoms with Crippen molar-refractivity contribution in [2.24, 2.45) is 5.73 Å². The summed E-state index contributed by atoms with van der Waals surface area (Å²) in [6.45, 7) is 0. The van der Waals surface area contributed by atoms with Crippen molar-refractivity contribution in [3.05, 3.63) is 35.9 Å². The van der Waals surface area contributed by atoms with Gasteiger partial charge in [-0.15, -0.1) is 0 Å². The molecular weight excluding hydrogens is 222 g/mol. The number of nitrogens with two attached hydrogens (primary N) is 1. The molecule has 0 aromatic heterocycles. The zero-order valence-corrected chi connectivity index (χ0v) is 8.35. The van der Waals surface area contributed by atoms with Crippen LogP contribution in [0.15, 0.2) is 30.3 Å². The molecular formula is C8H9NO5S. The molecule has 0 saturated carbocycles. The number of carbonyl (C=O) groups is 1. The molecule has 7 heteroatoms. The van der Waals surface area contributed by atoms with Crippen LogP contribution in [0.2, 0.25) is 0 Å². The van der Waals surface area contributed by atoms with Crippen LogP contribution in [0.1, 0.15) is 10.4 Å². The van der Waals surface area contributed by atoms with E-state index in [9.17, 15) is 13.2 Å². The highest BCUT2D eigenvalue weighted by atomic mass is 32.2. The van der Waals surface area contributed by atoms with E-state index in [4.69, 9.17) is 10.3 Å². The van der Waals surface area contributed by atoms with Gasteiger partial charge in [-0.05, 0) is 12.1 Å². The Balaban J connectivity index is 2.74. The maximum Gasteiger partial charge on any atom is 0.340 e. The number of ether oxygens (including phenoxy) is 1. The standard InChI is InChI=1S/C8H9NO5S/c9-8(15(11,12)13)14-7(10)6-4-2-1-3-5-6/h1-5,8H,9H2,(H,11,12,13). The molecule has 15 heavy (non-hydrogen) atoms. The smallest absolute Gasteiger partial charge is 0.340 e. The zero-order valence-electron chi connectivity index (χ0n) is 7.53. The molecule has 3 N–H and O–H groups in total. The molecule has 0 aliphatic heterocycles. The summed E-state index contributed by atoms with van der Waals surface area (Å²) in [7, 11) is -4.57. The summed E-state index contributed by atoms with van der Waals surface area (Å²) in [5.74, 6) is -0.916. The van der Waals surface area contributed by atoms with Gasteiger partial charge in [0.1, 0.15) is 0 Å². The Morgan fingerprint density at radius 2 is 1.87 bits per heavy atom. The third kappa shape index (κ3) is 3.31. The van der Waals surface area contributed by atoms with E-state index in [0.717, 1.165) is 0 Å². The Hall–Kier alpha value is -1.44. The predicted octanol–water partition coefficient (Wildman–Crippen LogP) is -0.0265. The summed E-state index contributed by atoms with van der Waals surface area (Å²) in [5.41, 5.74) is 2.99. The summed E-state index contributed by atoms with van der Waals surface area (Å²) in [6, 6.07) is 7.70. The lowest BCUT2D eigenvalue weighted by Gasteiger charge is -2.09. The SMILES string of the molecule is NC(OC(=O)c1ccccc1)S(=O)(=O)O. The number of rotatable bonds is 3. The van der Waals surface area contributed by atoms with Crippen molar-refractivity contribution >= 4 is 16.1 Å². The molecule has 0 spiro atoms. The van der Waals surface area contributed by atoms with E-state index in [1.165, 1.54) is 12.1 Å². The number of carbonyl (C=O) groups excluding carboxylic acids is 1. The molecule has 0 bridgehead atoms. The van der Waals surface area contributed by atoms with Crippen LogP contribution >= 0.6 is 0 Å². The van der Waals surface area contributed by atoms with Gasteiger partial charge in [-0.2, -0.15) is 8.42 Å². The molecule has 0 aliphatic rings. The number of hydrogen-bond acceptors (Lipinski definition) is 5. The van der Waals surface area contributed by atoms with Gasteiger partial charge in [0.2, 0.25) is 0 Å². The second-order valence-corrected chi connectivity index (χ2v) is 4.15. The number of benzene rings is 1. The summed E-state index contributed by atoms with van der Waals surface area (Å²) < 4.78 is 33.7. The lowest BCUT2D eigenvalue weighted by molar-refractivity contribution is 0.0439. The van der Waals surface area contributed by atoms with E-state index in [1.807, 2.05) is 0 Å². The topological polar surface area (TPSA) is 107 Å². The lowest BCUT2D eigenvalue weighted by atomic mass is 10.2. The van der Waals surface area contributed by atoms with Crippen LogP contribution in [-0.4, -0.2) is 24.5 Å². The fourth-order valence-electron chi connectivity index (χ4n) is 0.809. The van der Waals surface area contributed by atoms with E-state index in [0.29, 0.717) is 0 Å². The van der Waals surface area contributed by atoms with E-state index in [1.54, 1.807) is 18.2 Å². The van der Waals surface area contributed by atoms with Crippen LogP contribution < -0.4 is 5.73 Å². The van der Waals surface area contributed by atoms with Gasteiger partial charge in [-0.25, -0.2) is 4.79 Å². The Bertz CT molecular complexity index is 441. The summed E-state index contributed by atoms with van der Waals surface area (Å²) in [5, 5.41) is 0. The van der Waals surface area contributed by atoms with E-state index >= 15 is 0 Å². The first-order valence-corrected chi connectivity index (χ1v) is 5.39. The van der Waals surface area contributed by atoms with E-state index in [-0.39, 0.29) is 5.56 Å². The maximum atomic E-state index is 11.2. The van der Waals surface area contributed by atoms with Crippen LogP contribution in [-0.2, 0) is 14.9 Å². The molecule has 6 nitrogen and oxygen atoms in total. The molecule has 1 rings (SSSR count). The maximum absolute atomic E-state index is 11.2. The van der Waals surface area contributed by atoms with Gasteiger partial charge >= 0.3 is 16.1 Å². The van der Waals surface area contributed by atoms with Gasteiger partial charge in [-0.1, -0.05) is 18.2 Å². The quantitative estimate of drug-likeness (QED) is 0.430. The van der Waals surface area contributed by atoms with Crippen molar-refractivity contribution < 1.29 is 22.5 Å². The third-order valence-electron chi connectivity index (χ3n) is 1.53. The average molecular weight is 231 g/mol. The lowest BCUT2D eigenvalue weighted by Crippen LogP contribution is -2.35. The van der Waals surface area contributed by atoms with Crippen molar-refractivity contribution in [2.75, 3.05) is 0 Å². The highest BCUT2D eigenvalue weighted by Crippen LogP contribution is 2.03. The van der Waals surface area contributed by atoms with Crippen LogP contribution in [0.4, 0.5) is 0 Å². The fraction of sp³-hybridized carbons (Fsp3) is 0.125. The molecule has 0 fully saturated rings. The highest BCUT2D eigenvalue weighted by molar-refractivity contribution is 7.86. The minimum Gasteiger partial charge on any atom is -0.426 e. The Kier molecular flexibility index (Phi) is 3.40. The monoisotopic (exact) mass is 231 g/mol. The van der Waals surface area contributed by atoms with Gasteiger partial charge in [-0.3, -0.25) is 10.3 Å². The van der Waals surface area contributed by atoms with Crippen LogP contribution in [0, 0.1) is 0 Å². The average Bonchev–Trinajstić information content (AvgIpc) is 2.17. The first-order chi connectivity index (χ1) is 6.91. The summed E-state index contributed by atoms with van der Waals surface area (Å²) >= 11 is 0. The third-order valence-corrected chi connectivity index (χ3v) is 2.21. The Morgan fingerprint density at radius 1 is 1.33 bits per heavy atom. The van der Waals surface area contributed by atoms with Gasteiger partial charge < -0.3 is 4.74 Å². The second-order valence-electron chi connectivity index (χ2n) is 2.65. The molecule has 0 amide bonds. The molecule has 1 atom stereocenters. The van der Waals surface area contributed by atoms with Crippen molar-refractivity contribution in [3.63, 3.8) is 0 Å². The van der Waals surface area contributed by atoms with E-state index < -0.39 is 21.6 Å². The van der Waals surface area contributed by atoms with Crippen LogP contribution in [0.3, 0.4) is 0 Å². The molecule has 0 radical (unpaired) electrons. The van der Waals surface area contributed by atoms with Crippen molar-refractivity contribution in [3.8, 4) is 0 Å². The van der Waals surface area contributed by atoms with Crippen molar-refractivity contribution in [2.45, 2.75) is 5.56 Å². The zero-order chi connectivity index (χ0) is 11.5. The molecule has 0 aliphatic carbocycles. The van der Waals surface area contributed by atoms with E-state index in [2.05, 4.69) is 4.74 Å².